The van der Waals surface area contributed by atoms with Gasteiger partial charge in [0.2, 0.25) is 0 Å². The van der Waals surface area contributed by atoms with Gasteiger partial charge in [0.15, 0.2) is 0 Å². The van der Waals surface area contributed by atoms with Crippen LogP contribution in [0.4, 0.5) is 17.1 Å². The summed E-state index contributed by atoms with van der Waals surface area (Å²) in [5.41, 5.74) is 8.14. The first-order chi connectivity index (χ1) is 9.13. The summed E-state index contributed by atoms with van der Waals surface area (Å²) >= 11 is 5.96. The number of methoxy groups -OCH3 is 1. The Bertz CT molecular complexity index is 650. The number of nitrogen functional groups attached to an aromatic ring is 1. The van der Waals surface area contributed by atoms with Crippen LogP contribution in [0.25, 0.3) is 0 Å². The van der Waals surface area contributed by atoms with E-state index in [0.717, 1.165) is 5.69 Å². The molecule has 0 aliphatic carbocycles. The fourth-order valence-electron chi connectivity index (χ4n) is 1.66. The molecule has 0 aliphatic rings. The summed E-state index contributed by atoms with van der Waals surface area (Å²) in [5.74, 6) is 0.570. The van der Waals surface area contributed by atoms with Crippen molar-refractivity contribution in [2.45, 2.75) is 0 Å². The zero-order valence-electron chi connectivity index (χ0n) is 10.3. The number of nitrogens with two attached hydrogens (primary N) is 1. The van der Waals surface area contributed by atoms with Gasteiger partial charge in [-0.25, -0.2) is 0 Å². The number of hydrogen-bond donors (Lipinski definition) is 2. The maximum Gasteiger partial charge on any atom is 0.139 e. The summed E-state index contributed by atoms with van der Waals surface area (Å²) in [7, 11) is 1.55. The van der Waals surface area contributed by atoms with E-state index in [1.165, 1.54) is 0 Å². The summed E-state index contributed by atoms with van der Waals surface area (Å²) in [5, 5.41) is 12.7. The van der Waals surface area contributed by atoms with Crippen molar-refractivity contribution in [2.75, 3.05) is 18.2 Å². The number of anilines is 3. The average Bonchev–Trinajstić information content (AvgIpc) is 2.42. The molecule has 96 valence electrons. The van der Waals surface area contributed by atoms with E-state index in [4.69, 9.17) is 27.3 Å². The van der Waals surface area contributed by atoms with Gasteiger partial charge in [0.1, 0.15) is 11.8 Å². The minimum Gasteiger partial charge on any atom is -0.495 e. The first-order valence-corrected chi connectivity index (χ1v) is 5.92. The van der Waals surface area contributed by atoms with E-state index < -0.39 is 0 Å². The van der Waals surface area contributed by atoms with Crippen LogP contribution in [-0.2, 0) is 0 Å². The highest BCUT2D eigenvalue weighted by molar-refractivity contribution is 6.32. The van der Waals surface area contributed by atoms with Gasteiger partial charge in [-0.2, -0.15) is 5.26 Å². The molecule has 0 atom stereocenters. The molecule has 2 rings (SSSR count). The Hall–Kier alpha value is -2.38. The summed E-state index contributed by atoms with van der Waals surface area (Å²) in [6.45, 7) is 0. The molecule has 0 bridgehead atoms. The van der Waals surface area contributed by atoms with Crippen molar-refractivity contribution in [1.29, 1.82) is 5.26 Å². The van der Waals surface area contributed by atoms with Gasteiger partial charge in [-0.15, -0.1) is 0 Å². The Morgan fingerprint density at radius 3 is 2.74 bits per heavy atom. The molecule has 0 fully saturated rings. The largest absolute Gasteiger partial charge is 0.495 e. The van der Waals surface area contributed by atoms with Crippen LogP contribution >= 0.6 is 11.6 Å². The predicted molar refractivity (Wildman–Crippen MR) is 76.9 cm³/mol. The summed E-state index contributed by atoms with van der Waals surface area (Å²) in [6, 6.07) is 12.5. The maximum atomic E-state index is 9.07. The molecule has 0 unspecified atom stereocenters. The van der Waals surface area contributed by atoms with Gasteiger partial charge in [-0.05, 0) is 30.3 Å². The second-order valence-corrected chi connectivity index (χ2v) is 4.30. The van der Waals surface area contributed by atoms with Crippen LogP contribution in [0.15, 0.2) is 36.4 Å². The van der Waals surface area contributed by atoms with Gasteiger partial charge in [0.25, 0.3) is 0 Å². The Labute approximate surface area is 116 Å². The number of nitrogens with one attached hydrogen (secondary N) is 1. The first-order valence-electron chi connectivity index (χ1n) is 5.54. The molecule has 2 aromatic rings. The number of halogens is 1. The molecule has 2 aromatic carbocycles. The molecule has 0 amide bonds. The molecule has 0 aromatic heterocycles. The molecular formula is C14H12ClN3O. The van der Waals surface area contributed by atoms with E-state index in [0.29, 0.717) is 27.7 Å². The monoisotopic (exact) mass is 273 g/mol. The van der Waals surface area contributed by atoms with E-state index in [9.17, 15) is 0 Å². The third-order valence-electron chi connectivity index (χ3n) is 2.59. The molecule has 5 heteroatoms. The van der Waals surface area contributed by atoms with Crippen molar-refractivity contribution in [3.63, 3.8) is 0 Å². The number of nitriles is 1. The van der Waals surface area contributed by atoms with Crippen molar-refractivity contribution in [2.24, 2.45) is 0 Å². The second-order valence-electron chi connectivity index (χ2n) is 3.89. The minimum atomic E-state index is 0.480. The van der Waals surface area contributed by atoms with E-state index >= 15 is 0 Å². The third kappa shape index (κ3) is 2.90. The number of benzene rings is 2. The Balaban J connectivity index is 2.34. The van der Waals surface area contributed by atoms with Gasteiger partial charge in [0, 0.05) is 17.4 Å². The lowest BCUT2D eigenvalue weighted by atomic mass is 10.1. The minimum absolute atomic E-state index is 0.480. The van der Waals surface area contributed by atoms with E-state index in [-0.39, 0.29) is 0 Å². The van der Waals surface area contributed by atoms with Crippen LogP contribution in [0.2, 0.25) is 5.02 Å². The van der Waals surface area contributed by atoms with Crippen molar-refractivity contribution < 1.29 is 4.74 Å². The van der Waals surface area contributed by atoms with Crippen LogP contribution in [-0.4, -0.2) is 7.11 Å². The van der Waals surface area contributed by atoms with E-state index in [2.05, 4.69) is 11.4 Å². The third-order valence-corrected chi connectivity index (χ3v) is 2.91. The maximum absolute atomic E-state index is 9.07. The van der Waals surface area contributed by atoms with E-state index in [1.807, 2.05) is 6.07 Å². The topological polar surface area (TPSA) is 71.1 Å². The molecule has 0 radical (unpaired) electrons. The van der Waals surface area contributed by atoms with E-state index in [1.54, 1.807) is 37.4 Å². The van der Waals surface area contributed by atoms with Crippen LogP contribution in [0, 0.1) is 11.3 Å². The number of ether oxygens (including phenoxy) is 1. The zero-order chi connectivity index (χ0) is 13.8. The molecule has 3 N–H and O–H groups in total. The zero-order valence-corrected chi connectivity index (χ0v) is 11.0. The lowest BCUT2D eigenvalue weighted by Crippen LogP contribution is -1.96. The SMILES string of the molecule is COc1cc(Nc2ccc(N)cc2C#N)ccc1Cl. The molecular weight excluding hydrogens is 262 g/mol. The highest BCUT2D eigenvalue weighted by atomic mass is 35.5. The number of nitrogens with zero attached hydrogens (tertiary/aromatic N) is 1. The van der Waals surface area contributed by atoms with Crippen molar-refractivity contribution in [1.82, 2.24) is 0 Å². The molecule has 19 heavy (non-hydrogen) atoms. The van der Waals surface area contributed by atoms with Crippen molar-refractivity contribution in [3.8, 4) is 11.8 Å². The van der Waals surface area contributed by atoms with Crippen molar-refractivity contribution in [3.05, 3.63) is 47.0 Å². The summed E-state index contributed by atoms with van der Waals surface area (Å²) in [4.78, 5) is 0. The van der Waals surface area contributed by atoms with Gasteiger partial charge in [-0.1, -0.05) is 11.6 Å². The van der Waals surface area contributed by atoms with Crippen molar-refractivity contribution >= 4 is 28.7 Å². The number of hydrogen-bond acceptors (Lipinski definition) is 4. The standard InChI is InChI=1S/C14H12ClN3O/c1-19-14-7-11(3-4-12(14)15)18-13-5-2-10(17)6-9(13)8-16/h2-7,18H,17H2,1H3. The van der Waals surface area contributed by atoms with Crippen LogP contribution in [0.5, 0.6) is 5.75 Å². The van der Waals surface area contributed by atoms with Crippen LogP contribution < -0.4 is 15.8 Å². The second kappa shape index (κ2) is 5.51. The van der Waals surface area contributed by atoms with Crippen LogP contribution in [0.1, 0.15) is 5.56 Å². The fraction of sp³-hybridized carbons (Fsp3) is 0.0714. The highest BCUT2D eigenvalue weighted by Gasteiger charge is 2.05. The molecule has 0 saturated heterocycles. The highest BCUT2D eigenvalue weighted by Crippen LogP contribution is 2.30. The van der Waals surface area contributed by atoms with Crippen LogP contribution in [0.3, 0.4) is 0 Å². The molecule has 4 nitrogen and oxygen atoms in total. The van der Waals surface area contributed by atoms with Gasteiger partial charge in [0.05, 0.1) is 23.4 Å². The quantitative estimate of drug-likeness (QED) is 0.839. The number of rotatable bonds is 3. The Morgan fingerprint density at radius 1 is 1.26 bits per heavy atom. The lowest BCUT2D eigenvalue weighted by Gasteiger charge is -2.11. The average molecular weight is 274 g/mol. The summed E-state index contributed by atoms with van der Waals surface area (Å²) < 4.78 is 5.14. The van der Waals surface area contributed by atoms with Gasteiger partial charge in [-0.3, -0.25) is 0 Å². The normalized spacial score (nSPS) is 9.74. The van der Waals surface area contributed by atoms with Gasteiger partial charge >= 0.3 is 0 Å². The Morgan fingerprint density at radius 2 is 2.05 bits per heavy atom. The molecule has 0 aliphatic heterocycles. The summed E-state index contributed by atoms with van der Waals surface area (Å²) in [6.07, 6.45) is 0. The molecule has 0 saturated carbocycles. The predicted octanol–water partition coefficient (Wildman–Crippen LogP) is 3.55. The van der Waals surface area contributed by atoms with Gasteiger partial charge < -0.3 is 15.8 Å². The lowest BCUT2D eigenvalue weighted by molar-refractivity contribution is 0.415. The molecule has 0 spiro atoms. The first kappa shape index (κ1) is 13.1. The smallest absolute Gasteiger partial charge is 0.139 e. The fourth-order valence-corrected chi connectivity index (χ4v) is 1.85. The molecule has 0 heterocycles. The Kier molecular flexibility index (Phi) is 3.79.